The molecule has 2 rings (SSSR count). The average molecular weight is 509 g/mol. The summed E-state index contributed by atoms with van der Waals surface area (Å²) in [7, 11) is 1.65. The van der Waals surface area contributed by atoms with E-state index in [1.807, 2.05) is 18.2 Å². The van der Waals surface area contributed by atoms with Crippen molar-refractivity contribution in [3.63, 3.8) is 0 Å². The lowest BCUT2D eigenvalue weighted by atomic mass is 10.1. The van der Waals surface area contributed by atoms with Crippen molar-refractivity contribution in [1.82, 2.24) is 15.5 Å². The Bertz CT molecular complexity index is 585. The number of ether oxygens (including phenoxy) is 1. The molecule has 0 aromatic heterocycles. The molecule has 1 fully saturated rings. The van der Waals surface area contributed by atoms with Gasteiger partial charge >= 0.3 is 0 Å². The number of methoxy groups -OCH3 is 1. The van der Waals surface area contributed by atoms with Gasteiger partial charge in [-0.1, -0.05) is 24.6 Å². The minimum Gasteiger partial charge on any atom is -0.497 e. The monoisotopic (exact) mass is 508 g/mol. The zero-order chi connectivity index (χ0) is 18.8. The summed E-state index contributed by atoms with van der Waals surface area (Å²) in [5.41, 5.74) is 1.11. The van der Waals surface area contributed by atoms with Crippen LogP contribution in [0.25, 0.3) is 0 Å². The molecule has 0 saturated carbocycles. The molecule has 1 aliphatic heterocycles. The lowest BCUT2D eigenvalue weighted by molar-refractivity contribution is 0.326. The van der Waals surface area contributed by atoms with Crippen molar-refractivity contribution < 1.29 is 4.74 Å². The van der Waals surface area contributed by atoms with Crippen LogP contribution in [0.4, 0.5) is 0 Å². The van der Waals surface area contributed by atoms with Crippen LogP contribution in [0.15, 0.2) is 23.2 Å². The van der Waals surface area contributed by atoms with E-state index in [0.717, 1.165) is 48.4 Å². The standard InChI is InChI=1S/C20H33ClN4O.HI/c1-4-11-25-12-9-16(15-25)14-24-20(22-5-2)23-10-8-17-6-7-18(26-3)13-19(17)21;/h6-7,13,16H,4-5,8-12,14-15H2,1-3H3,(H2,22,23,24);1H. The van der Waals surface area contributed by atoms with Gasteiger partial charge in [0.1, 0.15) is 5.75 Å². The second-order valence-corrected chi connectivity index (χ2v) is 7.22. The van der Waals surface area contributed by atoms with Crippen LogP contribution < -0.4 is 15.4 Å². The number of halogens is 2. The number of aliphatic imine (C=N–C) groups is 1. The number of rotatable bonds is 9. The molecule has 0 bridgehead atoms. The van der Waals surface area contributed by atoms with Gasteiger partial charge in [0, 0.05) is 31.2 Å². The number of likely N-dealkylation sites (tertiary alicyclic amines) is 1. The van der Waals surface area contributed by atoms with Crippen molar-refractivity contribution in [2.75, 3.05) is 46.4 Å². The molecule has 0 radical (unpaired) electrons. The normalized spacial score (nSPS) is 17.5. The third kappa shape index (κ3) is 8.44. The quantitative estimate of drug-likeness (QED) is 0.303. The summed E-state index contributed by atoms with van der Waals surface area (Å²) >= 11 is 6.31. The van der Waals surface area contributed by atoms with E-state index >= 15 is 0 Å². The Morgan fingerprint density at radius 2 is 2.15 bits per heavy atom. The Kier molecular flexibility index (Phi) is 12.1. The molecule has 5 nitrogen and oxygen atoms in total. The number of benzene rings is 1. The minimum absolute atomic E-state index is 0. The number of hydrogen-bond donors (Lipinski definition) is 2. The van der Waals surface area contributed by atoms with Crippen LogP contribution in [0.1, 0.15) is 32.3 Å². The van der Waals surface area contributed by atoms with Crippen LogP contribution >= 0.6 is 35.6 Å². The van der Waals surface area contributed by atoms with Crippen molar-refractivity contribution in [1.29, 1.82) is 0 Å². The van der Waals surface area contributed by atoms with E-state index in [-0.39, 0.29) is 24.0 Å². The highest BCUT2D eigenvalue weighted by atomic mass is 127. The lowest BCUT2D eigenvalue weighted by Crippen LogP contribution is -2.38. The lowest BCUT2D eigenvalue weighted by Gasteiger charge is -2.15. The second kappa shape index (κ2) is 13.4. The van der Waals surface area contributed by atoms with Gasteiger partial charge in [0.25, 0.3) is 0 Å². The molecule has 1 atom stereocenters. The molecule has 154 valence electrons. The van der Waals surface area contributed by atoms with Gasteiger partial charge in [-0.05, 0) is 62.9 Å². The molecule has 1 aromatic rings. The number of guanidine groups is 1. The van der Waals surface area contributed by atoms with Crippen molar-refractivity contribution in [2.45, 2.75) is 33.1 Å². The maximum absolute atomic E-state index is 6.31. The zero-order valence-electron chi connectivity index (χ0n) is 16.8. The predicted octanol–water partition coefficient (Wildman–Crippen LogP) is 3.80. The Labute approximate surface area is 186 Å². The summed E-state index contributed by atoms with van der Waals surface area (Å²) in [6, 6.07) is 5.83. The third-order valence-corrected chi connectivity index (χ3v) is 5.06. The topological polar surface area (TPSA) is 48.9 Å². The highest BCUT2D eigenvalue weighted by Gasteiger charge is 2.21. The largest absolute Gasteiger partial charge is 0.497 e. The molecule has 1 aliphatic rings. The Balaban J connectivity index is 0.00000364. The zero-order valence-corrected chi connectivity index (χ0v) is 19.8. The second-order valence-electron chi connectivity index (χ2n) is 6.81. The van der Waals surface area contributed by atoms with Gasteiger partial charge in [-0.15, -0.1) is 24.0 Å². The predicted molar refractivity (Wildman–Crippen MR) is 126 cm³/mol. The fourth-order valence-corrected chi connectivity index (χ4v) is 3.58. The van der Waals surface area contributed by atoms with E-state index in [0.29, 0.717) is 5.92 Å². The molecule has 7 heteroatoms. The van der Waals surface area contributed by atoms with Crippen molar-refractivity contribution in [3.8, 4) is 5.75 Å². The van der Waals surface area contributed by atoms with Crippen LogP contribution in [0.3, 0.4) is 0 Å². The van der Waals surface area contributed by atoms with Gasteiger partial charge in [-0.25, -0.2) is 0 Å². The average Bonchev–Trinajstić information content (AvgIpc) is 3.08. The summed E-state index contributed by atoms with van der Waals surface area (Å²) in [6.45, 7) is 10.5. The molecule has 1 saturated heterocycles. The van der Waals surface area contributed by atoms with E-state index in [1.165, 1.54) is 32.5 Å². The number of nitrogens with zero attached hydrogens (tertiary/aromatic N) is 2. The molecule has 0 spiro atoms. The van der Waals surface area contributed by atoms with Crippen molar-refractivity contribution >= 4 is 41.5 Å². The van der Waals surface area contributed by atoms with Crippen LogP contribution in [-0.4, -0.2) is 57.2 Å². The van der Waals surface area contributed by atoms with Gasteiger partial charge in [-0.3, -0.25) is 4.99 Å². The van der Waals surface area contributed by atoms with Gasteiger partial charge in [0.05, 0.1) is 7.11 Å². The van der Waals surface area contributed by atoms with E-state index in [9.17, 15) is 0 Å². The Morgan fingerprint density at radius 1 is 1.33 bits per heavy atom. The van der Waals surface area contributed by atoms with Gasteiger partial charge < -0.3 is 20.3 Å². The molecular formula is C20H34ClIN4O. The Hall–Kier alpha value is -0.730. The first-order valence-corrected chi connectivity index (χ1v) is 10.1. The van der Waals surface area contributed by atoms with Gasteiger partial charge in [-0.2, -0.15) is 0 Å². The fraction of sp³-hybridized carbons (Fsp3) is 0.650. The van der Waals surface area contributed by atoms with Crippen LogP contribution in [0, 0.1) is 5.92 Å². The van der Waals surface area contributed by atoms with E-state index in [4.69, 9.17) is 21.3 Å². The highest BCUT2D eigenvalue weighted by Crippen LogP contribution is 2.22. The summed E-state index contributed by atoms with van der Waals surface area (Å²) < 4.78 is 5.20. The first-order chi connectivity index (χ1) is 12.7. The van der Waals surface area contributed by atoms with Crippen LogP contribution in [0.5, 0.6) is 5.75 Å². The smallest absolute Gasteiger partial charge is 0.191 e. The van der Waals surface area contributed by atoms with Crippen molar-refractivity contribution in [2.24, 2.45) is 10.9 Å². The summed E-state index contributed by atoms with van der Waals surface area (Å²) in [5, 5.41) is 7.50. The number of nitrogens with one attached hydrogen (secondary N) is 2. The molecule has 27 heavy (non-hydrogen) atoms. The van der Waals surface area contributed by atoms with E-state index in [2.05, 4.69) is 29.4 Å². The summed E-state index contributed by atoms with van der Waals surface area (Å²) in [6.07, 6.45) is 3.33. The maximum Gasteiger partial charge on any atom is 0.191 e. The molecular weight excluding hydrogens is 475 g/mol. The first-order valence-electron chi connectivity index (χ1n) is 9.73. The number of hydrogen-bond acceptors (Lipinski definition) is 3. The first kappa shape index (κ1) is 24.3. The Morgan fingerprint density at radius 3 is 2.81 bits per heavy atom. The van der Waals surface area contributed by atoms with Crippen LogP contribution in [-0.2, 0) is 6.42 Å². The van der Waals surface area contributed by atoms with Gasteiger partial charge in [0.2, 0.25) is 0 Å². The maximum atomic E-state index is 6.31. The molecule has 0 aliphatic carbocycles. The summed E-state index contributed by atoms with van der Waals surface area (Å²) in [5.74, 6) is 2.36. The molecule has 1 unspecified atom stereocenters. The van der Waals surface area contributed by atoms with Crippen molar-refractivity contribution in [3.05, 3.63) is 28.8 Å². The molecule has 1 aromatic carbocycles. The molecule has 1 heterocycles. The van der Waals surface area contributed by atoms with Gasteiger partial charge in [0.15, 0.2) is 5.96 Å². The summed E-state index contributed by atoms with van der Waals surface area (Å²) in [4.78, 5) is 7.33. The van der Waals surface area contributed by atoms with E-state index < -0.39 is 0 Å². The fourth-order valence-electron chi connectivity index (χ4n) is 3.32. The molecule has 2 N–H and O–H groups in total. The highest BCUT2D eigenvalue weighted by molar-refractivity contribution is 14.0. The van der Waals surface area contributed by atoms with E-state index in [1.54, 1.807) is 7.11 Å². The minimum atomic E-state index is 0. The third-order valence-electron chi connectivity index (χ3n) is 4.71. The van der Waals surface area contributed by atoms with Crippen LogP contribution in [0.2, 0.25) is 5.02 Å². The molecule has 0 amide bonds. The SMILES string of the molecule is CCCN1CCC(CN=C(NCC)NCCc2ccc(OC)cc2Cl)C1.I.